The number of piperidine rings is 1. The Hall–Kier alpha value is -0.610. The van der Waals surface area contributed by atoms with Crippen molar-refractivity contribution >= 4 is 5.91 Å². The van der Waals surface area contributed by atoms with Gasteiger partial charge < -0.3 is 15.3 Å². The molecule has 16 heavy (non-hydrogen) atoms. The second-order valence-electron chi connectivity index (χ2n) is 4.94. The first-order valence-corrected chi connectivity index (χ1v) is 6.44. The summed E-state index contributed by atoms with van der Waals surface area (Å²) in [7, 11) is 0. The van der Waals surface area contributed by atoms with E-state index in [9.17, 15) is 9.90 Å². The fraction of sp³-hybridized carbons (Fsp3) is 0.917. The number of likely N-dealkylation sites (tertiary alicyclic amines) is 1. The molecule has 4 nitrogen and oxygen atoms in total. The highest BCUT2D eigenvalue weighted by atomic mass is 16.3. The van der Waals surface area contributed by atoms with Crippen LogP contribution in [0.25, 0.3) is 0 Å². The molecule has 0 aromatic carbocycles. The molecule has 2 saturated heterocycles. The highest BCUT2D eigenvalue weighted by Crippen LogP contribution is 2.22. The van der Waals surface area contributed by atoms with Crippen LogP contribution in [0.5, 0.6) is 0 Å². The predicted molar refractivity (Wildman–Crippen MR) is 62.1 cm³/mol. The molecule has 92 valence electrons. The average molecular weight is 226 g/mol. The van der Waals surface area contributed by atoms with Crippen molar-refractivity contribution in [1.29, 1.82) is 0 Å². The van der Waals surface area contributed by atoms with Gasteiger partial charge in [-0.2, -0.15) is 0 Å². The monoisotopic (exact) mass is 226 g/mol. The number of amides is 1. The van der Waals surface area contributed by atoms with Gasteiger partial charge in [-0.25, -0.2) is 0 Å². The van der Waals surface area contributed by atoms with Gasteiger partial charge in [0.15, 0.2) is 0 Å². The minimum absolute atomic E-state index is 0.151. The standard InChI is InChI=1S/C12H22N2O2/c1-2-9-5-3-4-6-14(9)12(16)11-7-10(15)8-13-11/h9-11,13,15H,2-8H2,1H3. The van der Waals surface area contributed by atoms with Crippen LogP contribution in [0.1, 0.15) is 39.0 Å². The van der Waals surface area contributed by atoms with Crippen molar-refractivity contribution in [2.45, 2.75) is 57.2 Å². The zero-order valence-electron chi connectivity index (χ0n) is 9.98. The second-order valence-corrected chi connectivity index (χ2v) is 4.94. The molecule has 2 fully saturated rings. The molecule has 3 unspecified atom stereocenters. The molecule has 1 amide bonds. The SMILES string of the molecule is CCC1CCCCN1C(=O)C1CC(O)CN1. The van der Waals surface area contributed by atoms with Gasteiger partial charge in [-0.1, -0.05) is 6.92 Å². The van der Waals surface area contributed by atoms with Crippen LogP contribution in [0.4, 0.5) is 0 Å². The van der Waals surface area contributed by atoms with Crippen LogP contribution in [-0.4, -0.2) is 47.2 Å². The van der Waals surface area contributed by atoms with Gasteiger partial charge in [-0.05, 0) is 32.1 Å². The Labute approximate surface area is 97.0 Å². The maximum absolute atomic E-state index is 12.3. The number of hydrogen-bond acceptors (Lipinski definition) is 3. The largest absolute Gasteiger partial charge is 0.392 e. The molecule has 0 aliphatic carbocycles. The molecule has 2 aliphatic heterocycles. The maximum atomic E-state index is 12.3. The van der Waals surface area contributed by atoms with E-state index in [0.29, 0.717) is 19.0 Å². The first kappa shape index (κ1) is 11.9. The number of nitrogens with zero attached hydrogens (tertiary/aromatic N) is 1. The van der Waals surface area contributed by atoms with Gasteiger partial charge >= 0.3 is 0 Å². The van der Waals surface area contributed by atoms with E-state index < -0.39 is 0 Å². The summed E-state index contributed by atoms with van der Waals surface area (Å²) in [5.74, 6) is 0.197. The molecule has 3 atom stereocenters. The van der Waals surface area contributed by atoms with Crippen molar-refractivity contribution < 1.29 is 9.90 Å². The van der Waals surface area contributed by atoms with Crippen LogP contribution < -0.4 is 5.32 Å². The molecule has 4 heteroatoms. The molecule has 0 saturated carbocycles. The van der Waals surface area contributed by atoms with E-state index in [0.717, 1.165) is 25.8 Å². The van der Waals surface area contributed by atoms with Gasteiger partial charge in [-0.15, -0.1) is 0 Å². The fourth-order valence-corrected chi connectivity index (χ4v) is 2.82. The topological polar surface area (TPSA) is 52.6 Å². The Morgan fingerprint density at radius 3 is 2.94 bits per heavy atom. The highest BCUT2D eigenvalue weighted by Gasteiger charge is 2.34. The Kier molecular flexibility index (Phi) is 3.82. The summed E-state index contributed by atoms with van der Waals surface area (Å²) >= 11 is 0. The van der Waals surface area contributed by atoms with Crippen LogP contribution in [0.2, 0.25) is 0 Å². The molecule has 0 radical (unpaired) electrons. The van der Waals surface area contributed by atoms with Gasteiger partial charge in [0.2, 0.25) is 5.91 Å². The lowest BCUT2D eigenvalue weighted by Crippen LogP contribution is -2.50. The average Bonchev–Trinajstić information content (AvgIpc) is 2.75. The third-order valence-electron chi connectivity index (χ3n) is 3.79. The van der Waals surface area contributed by atoms with Crippen LogP contribution in [-0.2, 0) is 4.79 Å². The van der Waals surface area contributed by atoms with E-state index >= 15 is 0 Å². The van der Waals surface area contributed by atoms with Crippen molar-refractivity contribution in [2.24, 2.45) is 0 Å². The highest BCUT2D eigenvalue weighted by molar-refractivity contribution is 5.82. The summed E-state index contributed by atoms with van der Waals surface area (Å²) in [6, 6.07) is 0.267. The zero-order valence-corrected chi connectivity index (χ0v) is 9.98. The molecule has 0 bridgehead atoms. The lowest BCUT2D eigenvalue weighted by atomic mass is 9.98. The zero-order chi connectivity index (χ0) is 11.5. The number of β-amino-alcohol motifs (C(OH)–C–C–N with tert-alkyl or cyclic N) is 1. The first-order valence-electron chi connectivity index (χ1n) is 6.44. The predicted octanol–water partition coefficient (Wildman–Crippen LogP) is 0.500. The van der Waals surface area contributed by atoms with E-state index in [-0.39, 0.29) is 18.1 Å². The van der Waals surface area contributed by atoms with Gasteiger partial charge in [-0.3, -0.25) is 4.79 Å². The van der Waals surface area contributed by atoms with E-state index in [1.54, 1.807) is 0 Å². The maximum Gasteiger partial charge on any atom is 0.240 e. The second kappa shape index (κ2) is 5.15. The van der Waals surface area contributed by atoms with Crippen molar-refractivity contribution in [3.8, 4) is 0 Å². The number of aliphatic hydroxyl groups is 1. The van der Waals surface area contributed by atoms with E-state index in [2.05, 4.69) is 12.2 Å². The molecule has 0 spiro atoms. The number of hydrogen-bond donors (Lipinski definition) is 2. The van der Waals surface area contributed by atoms with E-state index in [1.165, 1.54) is 6.42 Å². The quantitative estimate of drug-likeness (QED) is 0.721. The smallest absolute Gasteiger partial charge is 0.240 e. The van der Waals surface area contributed by atoms with Gasteiger partial charge in [0.1, 0.15) is 0 Å². The summed E-state index contributed by atoms with van der Waals surface area (Å²) < 4.78 is 0. The van der Waals surface area contributed by atoms with Crippen molar-refractivity contribution in [1.82, 2.24) is 10.2 Å². The molecule has 2 rings (SSSR count). The minimum atomic E-state index is -0.348. The molecule has 0 aromatic heterocycles. The summed E-state index contributed by atoms with van der Waals surface area (Å²) in [4.78, 5) is 14.3. The summed E-state index contributed by atoms with van der Waals surface area (Å²) in [5, 5.41) is 12.5. The van der Waals surface area contributed by atoms with Gasteiger partial charge in [0, 0.05) is 19.1 Å². The van der Waals surface area contributed by atoms with Crippen LogP contribution in [0.3, 0.4) is 0 Å². The first-order chi connectivity index (χ1) is 7.72. The number of carbonyl (C=O) groups excluding carboxylic acids is 1. The summed E-state index contributed by atoms with van der Waals surface area (Å²) in [6.45, 7) is 3.60. The molecular formula is C12H22N2O2. The molecular weight excluding hydrogens is 204 g/mol. The van der Waals surface area contributed by atoms with Crippen molar-refractivity contribution in [3.63, 3.8) is 0 Å². The van der Waals surface area contributed by atoms with Gasteiger partial charge in [0.25, 0.3) is 0 Å². The summed E-state index contributed by atoms with van der Waals surface area (Å²) in [6.07, 6.45) is 4.77. The van der Waals surface area contributed by atoms with Crippen molar-refractivity contribution in [3.05, 3.63) is 0 Å². The van der Waals surface area contributed by atoms with Crippen LogP contribution in [0.15, 0.2) is 0 Å². The number of rotatable bonds is 2. The fourth-order valence-electron chi connectivity index (χ4n) is 2.82. The molecule has 2 aliphatic rings. The summed E-state index contributed by atoms with van der Waals surface area (Å²) in [5.41, 5.74) is 0. The van der Waals surface area contributed by atoms with Gasteiger partial charge in [0.05, 0.1) is 12.1 Å². The number of carbonyl (C=O) groups is 1. The number of aliphatic hydroxyl groups excluding tert-OH is 1. The van der Waals surface area contributed by atoms with E-state index in [4.69, 9.17) is 0 Å². The third kappa shape index (κ3) is 2.38. The third-order valence-corrected chi connectivity index (χ3v) is 3.79. The molecule has 2 heterocycles. The minimum Gasteiger partial charge on any atom is -0.392 e. The van der Waals surface area contributed by atoms with Crippen LogP contribution >= 0.6 is 0 Å². The molecule has 2 N–H and O–H groups in total. The lowest BCUT2D eigenvalue weighted by molar-refractivity contribution is -0.137. The van der Waals surface area contributed by atoms with Crippen molar-refractivity contribution in [2.75, 3.05) is 13.1 Å². The lowest BCUT2D eigenvalue weighted by Gasteiger charge is -2.36. The molecule has 0 aromatic rings. The Morgan fingerprint density at radius 1 is 1.50 bits per heavy atom. The Balaban J connectivity index is 1.96. The normalized spacial score (nSPS) is 35.4. The Morgan fingerprint density at radius 2 is 2.31 bits per heavy atom. The van der Waals surface area contributed by atoms with E-state index in [1.807, 2.05) is 4.90 Å². The Bertz CT molecular complexity index is 257. The van der Waals surface area contributed by atoms with Crippen LogP contribution in [0, 0.1) is 0 Å². The number of nitrogens with one attached hydrogen (secondary N) is 1.